The summed E-state index contributed by atoms with van der Waals surface area (Å²) in [4.78, 5) is 23.8. The Kier molecular flexibility index (Phi) is 10.6. The Labute approximate surface area is 234 Å². The van der Waals surface area contributed by atoms with E-state index in [1.54, 1.807) is 36.5 Å². The Bertz CT molecular complexity index is 1370. The largest absolute Gasteiger partial charge is 0.495 e. The number of nitrogens with two attached hydrogens (primary N) is 1. The molecule has 2 aromatic rings. The number of anilines is 3. The van der Waals surface area contributed by atoms with Crippen LogP contribution in [0.1, 0.15) is 5.69 Å². The first-order valence-electron chi connectivity index (χ1n) is 12.1. The molecule has 0 spiro atoms. The molecule has 13 heteroatoms. The fourth-order valence-corrected chi connectivity index (χ4v) is 4.71. The summed E-state index contributed by atoms with van der Waals surface area (Å²) >= 11 is 1.43. The topological polar surface area (TPSA) is 120 Å². The second-order valence-electron chi connectivity index (χ2n) is 8.70. The van der Waals surface area contributed by atoms with E-state index in [4.69, 9.17) is 10.1 Å². The second kappa shape index (κ2) is 13.9. The highest BCUT2D eigenvalue weighted by atomic mass is 32.2. The molecule has 0 bridgehead atoms. The van der Waals surface area contributed by atoms with Gasteiger partial charge in [-0.05, 0) is 44.4 Å². The lowest BCUT2D eigenvalue weighted by Crippen LogP contribution is -2.76. The van der Waals surface area contributed by atoms with Crippen molar-refractivity contribution < 1.29 is 28.0 Å². The summed E-state index contributed by atoms with van der Waals surface area (Å²) < 4.78 is 43.4. The highest BCUT2D eigenvalue weighted by Gasteiger charge is 2.23. The number of aromatic nitrogens is 2. The van der Waals surface area contributed by atoms with Crippen molar-refractivity contribution in [2.45, 2.75) is 11.1 Å². The maximum Gasteiger partial charge on any atom is 0.409 e. The van der Waals surface area contributed by atoms with Crippen LogP contribution >= 0.6 is 11.8 Å². The Balaban J connectivity index is 1.97. The molecular formula is C27H31F3N7O2S+. The van der Waals surface area contributed by atoms with Gasteiger partial charge in [-0.1, -0.05) is 12.2 Å². The maximum absolute atomic E-state index is 12.6. The van der Waals surface area contributed by atoms with Gasteiger partial charge in [-0.2, -0.15) is 13.2 Å². The van der Waals surface area contributed by atoms with Gasteiger partial charge in [-0.3, -0.25) is 4.79 Å². The molecule has 0 fully saturated rings. The SMILES string of the molecule is C[NH2+]/C(=C1/C=CC=CC1=N)c1ccnc(Nc2cc(NC(=O)/C=C/C(F)(F)F)c(SCCN(C)C)cc2OC)n1. The van der Waals surface area contributed by atoms with Gasteiger partial charge < -0.3 is 31.0 Å². The molecular weight excluding hydrogens is 543 g/mol. The van der Waals surface area contributed by atoms with E-state index >= 15 is 0 Å². The zero-order valence-electron chi connectivity index (χ0n) is 22.5. The number of methoxy groups -OCH3 is 1. The minimum Gasteiger partial charge on any atom is -0.495 e. The molecule has 0 unspecified atom stereocenters. The van der Waals surface area contributed by atoms with Gasteiger partial charge in [-0.15, -0.1) is 11.8 Å². The molecule has 0 radical (unpaired) electrons. The molecule has 212 valence electrons. The van der Waals surface area contributed by atoms with Crippen LogP contribution in [-0.4, -0.2) is 73.2 Å². The van der Waals surface area contributed by atoms with Crippen molar-refractivity contribution in [3.05, 3.63) is 72.1 Å². The number of carbonyl (C=O) groups excluding carboxylic acids is 1. The van der Waals surface area contributed by atoms with Gasteiger partial charge in [0.05, 0.1) is 36.8 Å². The lowest BCUT2D eigenvalue weighted by Gasteiger charge is -2.17. The maximum atomic E-state index is 12.6. The van der Waals surface area contributed by atoms with E-state index in [1.807, 2.05) is 43.5 Å². The van der Waals surface area contributed by atoms with Crippen LogP contribution in [-0.2, 0) is 4.79 Å². The number of nitrogens with zero attached hydrogens (tertiary/aromatic N) is 3. The van der Waals surface area contributed by atoms with Crippen LogP contribution in [0.25, 0.3) is 5.70 Å². The number of quaternary nitrogens is 1. The highest BCUT2D eigenvalue weighted by molar-refractivity contribution is 7.99. The fraction of sp³-hybridized carbons (Fsp3) is 0.259. The van der Waals surface area contributed by atoms with Crippen LogP contribution in [0.2, 0.25) is 0 Å². The smallest absolute Gasteiger partial charge is 0.409 e. The molecule has 3 rings (SSSR count). The lowest BCUT2D eigenvalue weighted by molar-refractivity contribution is -0.531. The lowest BCUT2D eigenvalue weighted by atomic mass is 10.0. The van der Waals surface area contributed by atoms with Gasteiger partial charge >= 0.3 is 6.18 Å². The number of amides is 1. The first-order chi connectivity index (χ1) is 19.0. The number of benzene rings is 1. The van der Waals surface area contributed by atoms with Gasteiger partial charge in [0.2, 0.25) is 11.9 Å². The molecule has 1 aliphatic carbocycles. The second-order valence-corrected chi connectivity index (χ2v) is 9.84. The van der Waals surface area contributed by atoms with Crippen LogP contribution in [0.3, 0.4) is 0 Å². The first kappa shape index (κ1) is 30.6. The number of allylic oxidation sites excluding steroid dienone is 6. The predicted octanol–water partition coefficient (Wildman–Crippen LogP) is 3.99. The number of rotatable bonds is 11. The molecule has 1 aliphatic rings. The van der Waals surface area contributed by atoms with Gasteiger partial charge in [0, 0.05) is 35.5 Å². The van der Waals surface area contributed by atoms with Crippen molar-refractivity contribution in [3.63, 3.8) is 0 Å². The average molecular weight is 575 g/mol. The number of carbonyl (C=O) groups is 1. The quantitative estimate of drug-likeness (QED) is 0.237. The molecule has 0 atom stereocenters. The summed E-state index contributed by atoms with van der Waals surface area (Å²) in [5.74, 6) is 0.389. The number of halogens is 3. The Morgan fingerprint density at radius 1 is 1.23 bits per heavy atom. The number of thioether (sulfide) groups is 1. The van der Waals surface area contributed by atoms with Crippen molar-refractivity contribution in [1.82, 2.24) is 14.9 Å². The molecule has 0 saturated carbocycles. The highest BCUT2D eigenvalue weighted by Crippen LogP contribution is 2.38. The van der Waals surface area contributed by atoms with Gasteiger partial charge in [0.1, 0.15) is 11.4 Å². The Hall–Kier alpha value is -3.94. The molecule has 1 aromatic heterocycles. The number of hydrogen-bond acceptors (Lipinski definition) is 8. The van der Waals surface area contributed by atoms with E-state index in [9.17, 15) is 18.0 Å². The van der Waals surface area contributed by atoms with Crippen molar-refractivity contribution in [1.29, 1.82) is 5.41 Å². The van der Waals surface area contributed by atoms with E-state index < -0.39 is 12.1 Å². The molecule has 40 heavy (non-hydrogen) atoms. The summed E-state index contributed by atoms with van der Waals surface area (Å²) in [6, 6.07) is 5.00. The zero-order valence-corrected chi connectivity index (χ0v) is 23.3. The third-order valence-electron chi connectivity index (χ3n) is 5.46. The molecule has 1 amide bonds. The van der Waals surface area contributed by atoms with E-state index in [0.29, 0.717) is 50.8 Å². The van der Waals surface area contributed by atoms with E-state index in [2.05, 4.69) is 20.6 Å². The summed E-state index contributed by atoms with van der Waals surface area (Å²) in [5, 5.41) is 15.7. The Morgan fingerprint density at radius 3 is 2.62 bits per heavy atom. The number of ether oxygens (including phenoxy) is 1. The predicted molar refractivity (Wildman–Crippen MR) is 152 cm³/mol. The van der Waals surface area contributed by atoms with Crippen LogP contribution in [0, 0.1) is 5.41 Å². The zero-order chi connectivity index (χ0) is 29.3. The molecule has 1 heterocycles. The van der Waals surface area contributed by atoms with Crippen LogP contribution in [0.5, 0.6) is 5.75 Å². The van der Waals surface area contributed by atoms with Gasteiger partial charge in [0.15, 0.2) is 5.70 Å². The Morgan fingerprint density at radius 2 is 1.98 bits per heavy atom. The van der Waals surface area contributed by atoms with Crippen LogP contribution in [0.4, 0.5) is 30.5 Å². The molecule has 0 saturated heterocycles. The normalized spacial score (nSPS) is 14.7. The standard InChI is InChI=1S/C27H30F3N7O2S/c1-32-25(17-7-5-6-8-18(17)31)19-10-12-33-26(35-19)36-20-15-21(34-24(38)9-11-27(28,29)30)23(16-22(20)39-4)40-14-13-37(2)3/h5-12,15-16,31-32H,13-14H2,1-4H3,(H,34,38)(H,33,35,36)/p+1/b11-9+,25-17-,31-18?. The summed E-state index contributed by atoms with van der Waals surface area (Å²) in [6.07, 6.45) is 4.46. The van der Waals surface area contributed by atoms with Crippen molar-refractivity contribution in [2.24, 2.45) is 0 Å². The minimum atomic E-state index is -4.61. The van der Waals surface area contributed by atoms with Crippen LogP contribution < -0.4 is 20.7 Å². The summed E-state index contributed by atoms with van der Waals surface area (Å²) in [5.41, 5.74) is 3.10. The summed E-state index contributed by atoms with van der Waals surface area (Å²) in [6.45, 7) is 0.740. The van der Waals surface area contributed by atoms with Crippen molar-refractivity contribution in [3.8, 4) is 5.75 Å². The number of alkyl halides is 3. The van der Waals surface area contributed by atoms with E-state index in [1.165, 1.54) is 18.9 Å². The molecule has 9 nitrogen and oxygen atoms in total. The van der Waals surface area contributed by atoms with Crippen molar-refractivity contribution in [2.75, 3.05) is 51.2 Å². The first-order valence-corrected chi connectivity index (χ1v) is 13.1. The van der Waals surface area contributed by atoms with E-state index in [-0.39, 0.29) is 12.0 Å². The molecule has 0 aliphatic heterocycles. The third-order valence-corrected chi connectivity index (χ3v) is 6.50. The summed E-state index contributed by atoms with van der Waals surface area (Å²) in [7, 11) is 7.19. The molecule has 5 N–H and O–H groups in total. The third kappa shape index (κ3) is 8.79. The minimum absolute atomic E-state index is 0.114. The monoisotopic (exact) mass is 574 g/mol. The van der Waals surface area contributed by atoms with Gasteiger partial charge in [0.25, 0.3) is 0 Å². The number of hydrogen-bond donors (Lipinski definition) is 4. The van der Waals surface area contributed by atoms with E-state index in [0.717, 1.165) is 12.2 Å². The van der Waals surface area contributed by atoms with Crippen LogP contribution in [0.15, 0.2) is 71.3 Å². The average Bonchev–Trinajstić information content (AvgIpc) is 2.90. The number of nitrogens with one attached hydrogen (secondary N) is 3. The van der Waals surface area contributed by atoms with Gasteiger partial charge in [-0.25, -0.2) is 9.97 Å². The molecule has 1 aromatic carbocycles. The van der Waals surface area contributed by atoms with Crippen molar-refractivity contribution >= 4 is 46.4 Å². The fourth-order valence-electron chi connectivity index (χ4n) is 3.58.